The quantitative estimate of drug-likeness (QED) is 0.0993. The Morgan fingerprint density at radius 1 is 1.04 bits per heavy atom. The standard InChI is InChI=1S/C35H49N5O5SSi/c1-33(2,3)46(41)39-35(16-17-43-24-35)31-14-11-13-28(38-31)25-20-29-27(30(21-25)44-19-18-42-7)22-36-40(29)32-15-10-12-26(37-32)23-45-47(8,9)34(4,5)6/h10-15,20-22,39H,16-19,23-24H2,1-9H3/t35-,46?/m0/s1. The summed E-state index contributed by atoms with van der Waals surface area (Å²) in [6.07, 6.45) is 2.48. The lowest BCUT2D eigenvalue weighted by Crippen LogP contribution is -2.52. The molecule has 1 saturated heterocycles. The Balaban J connectivity index is 1.54. The van der Waals surface area contributed by atoms with E-state index in [0.717, 1.165) is 33.5 Å². The van der Waals surface area contributed by atoms with Crippen LogP contribution >= 0.6 is 0 Å². The van der Waals surface area contributed by atoms with Crippen molar-refractivity contribution in [2.24, 2.45) is 0 Å². The number of nitrogens with zero attached hydrogens (tertiary/aromatic N) is 4. The van der Waals surface area contributed by atoms with E-state index < -0.39 is 30.0 Å². The molecule has 1 fully saturated rings. The molecule has 5 rings (SSSR count). The third-order valence-electron chi connectivity index (χ3n) is 8.99. The van der Waals surface area contributed by atoms with E-state index in [0.29, 0.717) is 51.0 Å². The zero-order valence-electron chi connectivity index (χ0n) is 29.2. The van der Waals surface area contributed by atoms with E-state index in [2.05, 4.69) is 44.7 Å². The van der Waals surface area contributed by atoms with Gasteiger partial charge < -0.3 is 23.2 Å². The van der Waals surface area contributed by atoms with Gasteiger partial charge in [0.25, 0.3) is 0 Å². The molecule has 0 bridgehead atoms. The molecular formula is C35H49N5O5SSi. The molecule has 1 N–H and O–H groups in total. The van der Waals surface area contributed by atoms with Gasteiger partial charge in [0.15, 0.2) is 14.1 Å². The minimum Gasteiger partial charge on any atom is -0.598 e. The minimum absolute atomic E-state index is 0.105. The highest BCUT2D eigenvalue weighted by atomic mass is 32.2. The second-order valence-corrected chi connectivity index (χ2v) is 21.4. The van der Waals surface area contributed by atoms with Crippen LogP contribution in [0.2, 0.25) is 18.1 Å². The molecule has 4 aromatic rings. The van der Waals surface area contributed by atoms with Crippen LogP contribution in [0, 0.1) is 0 Å². The molecule has 254 valence electrons. The van der Waals surface area contributed by atoms with Crippen molar-refractivity contribution in [3.63, 3.8) is 0 Å². The van der Waals surface area contributed by atoms with Crippen molar-refractivity contribution < 1.29 is 23.2 Å². The maximum absolute atomic E-state index is 13.2. The average Bonchev–Trinajstić information content (AvgIpc) is 3.68. The summed E-state index contributed by atoms with van der Waals surface area (Å²) in [5.74, 6) is 1.37. The molecule has 47 heavy (non-hydrogen) atoms. The summed E-state index contributed by atoms with van der Waals surface area (Å²) in [5.41, 5.74) is 3.43. The first-order chi connectivity index (χ1) is 22.1. The van der Waals surface area contributed by atoms with Crippen LogP contribution in [-0.2, 0) is 37.4 Å². The zero-order valence-corrected chi connectivity index (χ0v) is 31.0. The van der Waals surface area contributed by atoms with E-state index >= 15 is 0 Å². The summed E-state index contributed by atoms with van der Waals surface area (Å²) in [7, 11) is -0.295. The number of methoxy groups -OCH3 is 1. The Morgan fingerprint density at radius 3 is 2.49 bits per heavy atom. The van der Waals surface area contributed by atoms with Gasteiger partial charge in [0.1, 0.15) is 22.6 Å². The topological polar surface area (TPSA) is 116 Å². The Hall–Kier alpha value is -2.84. The number of nitrogens with one attached hydrogen (secondary N) is 1. The summed E-state index contributed by atoms with van der Waals surface area (Å²) in [4.78, 5) is 10.1. The summed E-state index contributed by atoms with van der Waals surface area (Å²) in [5, 5.41) is 5.72. The number of hydrogen-bond donors (Lipinski definition) is 1. The third-order valence-corrected chi connectivity index (χ3v) is 15.2. The van der Waals surface area contributed by atoms with Crippen LogP contribution in [0.15, 0.2) is 54.7 Å². The Bertz CT molecular complexity index is 1680. The lowest BCUT2D eigenvalue weighted by atomic mass is 9.94. The van der Waals surface area contributed by atoms with Crippen molar-refractivity contribution in [1.82, 2.24) is 24.5 Å². The molecule has 0 saturated carbocycles. The highest BCUT2D eigenvalue weighted by Gasteiger charge is 2.45. The van der Waals surface area contributed by atoms with Crippen molar-refractivity contribution in [2.45, 2.75) is 83.0 Å². The highest BCUT2D eigenvalue weighted by Crippen LogP contribution is 2.38. The Kier molecular flexibility index (Phi) is 10.5. The van der Waals surface area contributed by atoms with Gasteiger partial charge in [-0.2, -0.15) is 5.10 Å². The molecule has 3 aromatic heterocycles. The number of fused-ring (bicyclic) bond motifs is 1. The number of hydrogen-bond acceptors (Lipinski definition) is 9. The monoisotopic (exact) mass is 679 g/mol. The van der Waals surface area contributed by atoms with E-state index in [4.69, 9.17) is 33.7 Å². The van der Waals surface area contributed by atoms with Crippen molar-refractivity contribution in [1.29, 1.82) is 0 Å². The molecule has 4 heterocycles. The average molecular weight is 680 g/mol. The van der Waals surface area contributed by atoms with Crippen molar-refractivity contribution in [3.8, 4) is 22.8 Å². The summed E-state index contributed by atoms with van der Waals surface area (Å²) >= 11 is -1.30. The van der Waals surface area contributed by atoms with Gasteiger partial charge in [-0.25, -0.2) is 9.67 Å². The van der Waals surface area contributed by atoms with Crippen LogP contribution in [0.25, 0.3) is 28.0 Å². The molecule has 1 aromatic carbocycles. The first kappa shape index (κ1) is 35.5. The zero-order chi connectivity index (χ0) is 34.0. The summed E-state index contributed by atoms with van der Waals surface area (Å²) in [6.45, 7) is 19.3. The predicted octanol–water partition coefficient (Wildman–Crippen LogP) is 6.70. The van der Waals surface area contributed by atoms with Gasteiger partial charge in [-0.3, -0.25) is 4.98 Å². The molecule has 12 heteroatoms. The van der Waals surface area contributed by atoms with Gasteiger partial charge in [0.05, 0.1) is 54.0 Å². The van der Waals surface area contributed by atoms with Crippen LogP contribution in [0.4, 0.5) is 0 Å². The van der Waals surface area contributed by atoms with E-state index in [1.54, 1.807) is 7.11 Å². The van der Waals surface area contributed by atoms with Crippen LogP contribution in [0.3, 0.4) is 0 Å². The first-order valence-corrected chi connectivity index (χ1v) is 20.2. The SMILES string of the molecule is COCCOc1cc(-c2cccc([C@]3(N[S+]([O-])C(C)(C)C)CCOC3)n2)cc2c1cnn2-c1cccc(CO[Si](C)(C)C(C)(C)C)n1. The molecular weight excluding hydrogens is 631 g/mol. The van der Waals surface area contributed by atoms with Gasteiger partial charge in [-0.05, 0) is 75.3 Å². The van der Waals surface area contributed by atoms with E-state index in [1.165, 1.54) is 0 Å². The number of benzene rings is 1. The van der Waals surface area contributed by atoms with E-state index in [9.17, 15) is 4.55 Å². The van der Waals surface area contributed by atoms with Gasteiger partial charge in [-0.1, -0.05) is 32.9 Å². The van der Waals surface area contributed by atoms with Gasteiger partial charge in [0.2, 0.25) is 0 Å². The number of pyridine rings is 2. The maximum atomic E-state index is 13.2. The van der Waals surface area contributed by atoms with E-state index in [1.807, 2.05) is 74.1 Å². The number of rotatable bonds is 12. The lowest BCUT2D eigenvalue weighted by molar-refractivity contribution is 0.147. The molecule has 0 amide bonds. The second kappa shape index (κ2) is 13.9. The van der Waals surface area contributed by atoms with Gasteiger partial charge in [-0.15, -0.1) is 4.72 Å². The fraction of sp³-hybridized carbons (Fsp3) is 0.514. The van der Waals surface area contributed by atoms with Crippen LogP contribution in [0.5, 0.6) is 5.75 Å². The van der Waals surface area contributed by atoms with Crippen LogP contribution in [0.1, 0.15) is 59.4 Å². The molecule has 0 aliphatic carbocycles. The smallest absolute Gasteiger partial charge is 0.192 e. The highest BCUT2D eigenvalue weighted by molar-refractivity contribution is 7.90. The molecule has 1 aliphatic heterocycles. The van der Waals surface area contributed by atoms with Crippen LogP contribution in [-0.4, -0.2) is 70.9 Å². The fourth-order valence-electron chi connectivity index (χ4n) is 5.01. The number of aromatic nitrogens is 4. The molecule has 1 aliphatic rings. The maximum Gasteiger partial charge on any atom is 0.192 e. The molecule has 2 atom stereocenters. The summed E-state index contributed by atoms with van der Waals surface area (Å²) < 4.78 is 41.8. The second-order valence-electron chi connectivity index (χ2n) is 14.6. The van der Waals surface area contributed by atoms with Crippen molar-refractivity contribution in [3.05, 3.63) is 66.1 Å². The largest absolute Gasteiger partial charge is 0.598 e. The van der Waals surface area contributed by atoms with Gasteiger partial charge in [0, 0.05) is 37.1 Å². The first-order valence-electron chi connectivity index (χ1n) is 16.1. The molecule has 10 nitrogen and oxygen atoms in total. The lowest BCUT2D eigenvalue weighted by Gasteiger charge is -2.36. The van der Waals surface area contributed by atoms with E-state index in [-0.39, 0.29) is 5.04 Å². The van der Waals surface area contributed by atoms with Crippen molar-refractivity contribution >= 4 is 30.6 Å². The van der Waals surface area contributed by atoms with Crippen LogP contribution < -0.4 is 9.46 Å². The number of ether oxygens (including phenoxy) is 3. The molecule has 0 spiro atoms. The molecule has 1 unspecified atom stereocenters. The van der Waals surface area contributed by atoms with Crippen molar-refractivity contribution in [2.75, 3.05) is 33.5 Å². The van der Waals surface area contributed by atoms with Gasteiger partial charge >= 0.3 is 0 Å². The fourth-order valence-corrected chi connectivity index (χ4v) is 6.88. The predicted molar refractivity (Wildman–Crippen MR) is 190 cm³/mol. The Morgan fingerprint density at radius 2 is 1.81 bits per heavy atom. The normalized spacial score (nSPS) is 18.2. The third kappa shape index (κ3) is 7.91. The molecule has 0 radical (unpaired) electrons. The summed E-state index contributed by atoms with van der Waals surface area (Å²) in [6, 6.07) is 15.9. The minimum atomic E-state index is -1.95. The Labute approximate surface area is 283 Å².